The Hall–Kier alpha value is -2.76. The van der Waals surface area contributed by atoms with Crippen LogP contribution >= 0.6 is 0 Å². The minimum atomic E-state index is -0.555. The van der Waals surface area contributed by atoms with Crippen molar-refractivity contribution in [3.8, 4) is 0 Å². The lowest BCUT2D eigenvalue weighted by atomic mass is 10.1. The molecule has 6 heteroatoms. The number of benzene rings is 1. The first-order valence-corrected chi connectivity index (χ1v) is 5.62. The number of anilines is 3. The molecule has 0 radical (unpaired) electrons. The van der Waals surface area contributed by atoms with E-state index in [-0.39, 0.29) is 11.8 Å². The van der Waals surface area contributed by atoms with Crippen molar-refractivity contribution in [1.29, 1.82) is 0 Å². The van der Waals surface area contributed by atoms with Gasteiger partial charge in [0, 0.05) is 28.9 Å². The molecule has 0 bridgehead atoms. The quantitative estimate of drug-likeness (QED) is 0.735. The van der Waals surface area contributed by atoms with Gasteiger partial charge < -0.3 is 11.1 Å². The second kappa shape index (κ2) is 4.49. The Morgan fingerprint density at radius 3 is 2.95 bits per heavy atom. The fraction of sp³-hybridized carbons (Fsp3) is 0. The molecule has 0 atom stereocenters. The number of rotatable bonds is 2. The predicted octanol–water partition coefficient (Wildman–Crippen LogP) is 2.49. The Balaban J connectivity index is 2.08. The smallest absolute Gasteiger partial charge is 0.222 e. The molecule has 0 aliphatic rings. The molecule has 0 saturated heterocycles. The van der Waals surface area contributed by atoms with E-state index in [4.69, 9.17) is 5.73 Å². The first kappa shape index (κ1) is 11.3. The molecule has 0 amide bonds. The minimum absolute atomic E-state index is 0.0193. The second-order valence-electron chi connectivity index (χ2n) is 3.95. The number of halogens is 1. The van der Waals surface area contributed by atoms with Crippen LogP contribution in [0.25, 0.3) is 10.8 Å². The number of nitrogens with one attached hydrogen (secondary N) is 1. The average molecular weight is 255 g/mol. The number of hydrogen-bond acceptors (Lipinski definition) is 5. The molecule has 3 N–H and O–H groups in total. The average Bonchev–Trinajstić information content (AvgIpc) is 2.43. The van der Waals surface area contributed by atoms with E-state index < -0.39 is 5.82 Å². The summed E-state index contributed by atoms with van der Waals surface area (Å²) in [6, 6.07) is 7.47. The normalized spacial score (nSPS) is 10.6. The SMILES string of the molecule is Nc1ncc(F)c(Nc2cccc3cnccc23)n1. The van der Waals surface area contributed by atoms with Crippen molar-refractivity contribution >= 4 is 28.2 Å². The summed E-state index contributed by atoms with van der Waals surface area (Å²) in [4.78, 5) is 11.5. The van der Waals surface area contributed by atoms with Crippen LogP contribution in [0.3, 0.4) is 0 Å². The van der Waals surface area contributed by atoms with Crippen molar-refractivity contribution in [2.45, 2.75) is 0 Å². The molecule has 0 saturated carbocycles. The van der Waals surface area contributed by atoms with Crippen molar-refractivity contribution in [2.24, 2.45) is 0 Å². The third-order valence-corrected chi connectivity index (χ3v) is 2.70. The van der Waals surface area contributed by atoms with E-state index in [1.54, 1.807) is 12.4 Å². The Labute approximate surface area is 108 Å². The van der Waals surface area contributed by atoms with E-state index in [9.17, 15) is 4.39 Å². The molecular weight excluding hydrogens is 245 g/mol. The molecule has 19 heavy (non-hydrogen) atoms. The van der Waals surface area contributed by atoms with Gasteiger partial charge in [-0.1, -0.05) is 12.1 Å². The minimum Gasteiger partial charge on any atom is -0.368 e. The summed E-state index contributed by atoms with van der Waals surface area (Å²) >= 11 is 0. The maximum atomic E-state index is 13.6. The number of fused-ring (bicyclic) bond motifs is 1. The van der Waals surface area contributed by atoms with Crippen LogP contribution in [0.4, 0.5) is 21.8 Å². The molecular formula is C13H10FN5. The maximum absolute atomic E-state index is 13.6. The molecule has 3 aromatic rings. The van der Waals surface area contributed by atoms with E-state index >= 15 is 0 Å². The number of nitrogens with zero attached hydrogens (tertiary/aromatic N) is 3. The van der Waals surface area contributed by atoms with Crippen LogP contribution in [0.5, 0.6) is 0 Å². The highest BCUT2D eigenvalue weighted by Gasteiger charge is 2.07. The van der Waals surface area contributed by atoms with Crippen molar-refractivity contribution < 1.29 is 4.39 Å². The molecule has 0 unspecified atom stereocenters. The molecule has 94 valence electrons. The Kier molecular flexibility index (Phi) is 2.68. The zero-order chi connectivity index (χ0) is 13.2. The number of pyridine rings is 1. The van der Waals surface area contributed by atoms with Crippen LogP contribution in [0, 0.1) is 5.82 Å². The van der Waals surface area contributed by atoms with Gasteiger partial charge >= 0.3 is 0 Å². The summed E-state index contributed by atoms with van der Waals surface area (Å²) in [5.41, 5.74) is 6.19. The van der Waals surface area contributed by atoms with E-state index in [1.165, 1.54) is 0 Å². The summed E-state index contributed by atoms with van der Waals surface area (Å²) in [5, 5.41) is 4.80. The summed E-state index contributed by atoms with van der Waals surface area (Å²) in [5.74, 6) is -0.483. The van der Waals surface area contributed by atoms with Crippen molar-refractivity contribution in [2.75, 3.05) is 11.1 Å². The van der Waals surface area contributed by atoms with E-state index in [0.717, 1.165) is 22.7 Å². The Bertz CT molecular complexity index is 739. The van der Waals surface area contributed by atoms with Gasteiger partial charge in [-0.05, 0) is 12.1 Å². The maximum Gasteiger partial charge on any atom is 0.222 e. The van der Waals surface area contributed by atoms with Crippen LogP contribution in [0.1, 0.15) is 0 Å². The summed E-state index contributed by atoms with van der Waals surface area (Å²) in [7, 11) is 0. The third kappa shape index (κ3) is 2.15. The largest absolute Gasteiger partial charge is 0.368 e. The number of aromatic nitrogens is 3. The Morgan fingerprint density at radius 1 is 1.16 bits per heavy atom. The van der Waals surface area contributed by atoms with Gasteiger partial charge in [0.15, 0.2) is 11.6 Å². The second-order valence-corrected chi connectivity index (χ2v) is 3.95. The molecule has 2 aromatic heterocycles. The lowest BCUT2D eigenvalue weighted by Gasteiger charge is -2.09. The van der Waals surface area contributed by atoms with Gasteiger partial charge in [-0.15, -0.1) is 0 Å². The molecule has 5 nitrogen and oxygen atoms in total. The van der Waals surface area contributed by atoms with Crippen LogP contribution < -0.4 is 11.1 Å². The van der Waals surface area contributed by atoms with Crippen LogP contribution in [-0.4, -0.2) is 15.0 Å². The lowest BCUT2D eigenvalue weighted by Crippen LogP contribution is -2.02. The third-order valence-electron chi connectivity index (χ3n) is 2.70. The highest BCUT2D eigenvalue weighted by Crippen LogP contribution is 2.25. The molecule has 0 spiro atoms. The van der Waals surface area contributed by atoms with Gasteiger partial charge in [0.2, 0.25) is 5.95 Å². The fourth-order valence-corrected chi connectivity index (χ4v) is 1.83. The van der Waals surface area contributed by atoms with E-state index in [0.29, 0.717) is 0 Å². The first-order chi connectivity index (χ1) is 9.24. The van der Waals surface area contributed by atoms with Crippen LogP contribution in [0.2, 0.25) is 0 Å². The topological polar surface area (TPSA) is 76.7 Å². The van der Waals surface area contributed by atoms with Crippen LogP contribution in [-0.2, 0) is 0 Å². The number of nitrogen functional groups attached to an aromatic ring is 1. The van der Waals surface area contributed by atoms with Crippen molar-refractivity contribution in [3.05, 3.63) is 48.7 Å². The molecule has 0 aliphatic carbocycles. The number of nitrogens with two attached hydrogens (primary N) is 1. The summed E-state index contributed by atoms with van der Waals surface area (Å²) in [6.45, 7) is 0. The Morgan fingerprint density at radius 2 is 2.05 bits per heavy atom. The highest BCUT2D eigenvalue weighted by atomic mass is 19.1. The van der Waals surface area contributed by atoms with Crippen LogP contribution in [0.15, 0.2) is 42.9 Å². The van der Waals surface area contributed by atoms with E-state index in [1.807, 2.05) is 24.3 Å². The molecule has 0 fully saturated rings. The standard InChI is InChI=1S/C13H10FN5/c14-10-7-17-13(15)19-12(10)18-11-3-1-2-8-6-16-5-4-9(8)11/h1-7H,(H3,15,17,18,19). The number of hydrogen-bond donors (Lipinski definition) is 2. The zero-order valence-corrected chi connectivity index (χ0v) is 9.84. The van der Waals surface area contributed by atoms with Gasteiger partial charge in [-0.3, -0.25) is 4.98 Å². The first-order valence-electron chi connectivity index (χ1n) is 5.62. The van der Waals surface area contributed by atoms with Gasteiger partial charge in [0.1, 0.15) is 0 Å². The molecule has 0 aliphatic heterocycles. The van der Waals surface area contributed by atoms with Gasteiger partial charge in [0.25, 0.3) is 0 Å². The summed E-state index contributed by atoms with van der Waals surface area (Å²) in [6.07, 6.45) is 4.46. The van der Waals surface area contributed by atoms with Crippen molar-refractivity contribution in [1.82, 2.24) is 15.0 Å². The fourth-order valence-electron chi connectivity index (χ4n) is 1.83. The van der Waals surface area contributed by atoms with Crippen molar-refractivity contribution in [3.63, 3.8) is 0 Å². The molecule has 3 rings (SSSR count). The zero-order valence-electron chi connectivity index (χ0n) is 9.84. The summed E-state index contributed by atoms with van der Waals surface area (Å²) < 4.78 is 13.6. The monoisotopic (exact) mass is 255 g/mol. The lowest BCUT2D eigenvalue weighted by molar-refractivity contribution is 0.620. The molecule has 1 aromatic carbocycles. The molecule has 2 heterocycles. The van der Waals surface area contributed by atoms with E-state index in [2.05, 4.69) is 20.3 Å². The predicted molar refractivity (Wildman–Crippen MR) is 71.4 cm³/mol. The van der Waals surface area contributed by atoms with Gasteiger partial charge in [0.05, 0.1) is 6.20 Å². The highest BCUT2D eigenvalue weighted by molar-refractivity contribution is 5.94. The van der Waals surface area contributed by atoms with Gasteiger partial charge in [-0.2, -0.15) is 4.98 Å². The van der Waals surface area contributed by atoms with Gasteiger partial charge in [-0.25, -0.2) is 9.37 Å².